The van der Waals surface area contributed by atoms with Gasteiger partial charge in [-0.05, 0) is 31.0 Å². The lowest BCUT2D eigenvalue weighted by Crippen LogP contribution is -2.37. The monoisotopic (exact) mass is 253 g/mol. The third-order valence-corrected chi connectivity index (χ3v) is 3.26. The second-order valence-electron chi connectivity index (χ2n) is 4.26. The van der Waals surface area contributed by atoms with Gasteiger partial charge in [0.25, 0.3) is 0 Å². The van der Waals surface area contributed by atoms with Gasteiger partial charge in [0.2, 0.25) is 5.91 Å². The van der Waals surface area contributed by atoms with Crippen molar-refractivity contribution in [2.75, 3.05) is 0 Å². The van der Waals surface area contributed by atoms with E-state index in [-0.39, 0.29) is 11.9 Å². The highest BCUT2D eigenvalue weighted by molar-refractivity contribution is 6.30. The van der Waals surface area contributed by atoms with E-state index in [9.17, 15) is 4.79 Å². The van der Waals surface area contributed by atoms with Gasteiger partial charge < -0.3 is 4.90 Å². The Hall–Kier alpha value is -1.02. The molecule has 0 aromatic heterocycles. The van der Waals surface area contributed by atoms with Crippen molar-refractivity contribution in [3.8, 4) is 0 Å². The van der Waals surface area contributed by atoms with Gasteiger partial charge in [0.1, 0.15) is 0 Å². The molecule has 3 heteroatoms. The van der Waals surface area contributed by atoms with Crippen LogP contribution in [-0.2, 0) is 11.3 Å². The first-order chi connectivity index (χ1) is 8.08. The fourth-order valence-corrected chi connectivity index (χ4v) is 1.83. The van der Waals surface area contributed by atoms with Crippen molar-refractivity contribution >= 4 is 17.5 Å². The molecule has 0 N–H and O–H groups in total. The van der Waals surface area contributed by atoms with Crippen molar-refractivity contribution in [2.45, 2.75) is 46.2 Å². The minimum atomic E-state index is 0.203. The molecule has 1 rings (SSSR count). The van der Waals surface area contributed by atoms with Crippen LogP contribution in [0.3, 0.4) is 0 Å². The molecule has 0 aliphatic rings. The second kappa shape index (κ2) is 6.65. The molecule has 1 aromatic carbocycles. The molecule has 0 saturated carbocycles. The molecule has 0 radical (unpaired) electrons. The summed E-state index contributed by atoms with van der Waals surface area (Å²) in [4.78, 5) is 13.8. The fourth-order valence-electron chi connectivity index (χ4n) is 1.70. The zero-order valence-corrected chi connectivity index (χ0v) is 11.5. The average molecular weight is 254 g/mol. The molecule has 0 unspecified atom stereocenters. The van der Waals surface area contributed by atoms with Crippen LogP contribution in [0.1, 0.15) is 39.2 Å². The Morgan fingerprint density at radius 3 is 2.35 bits per heavy atom. The highest BCUT2D eigenvalue weighted by Gasteiger charge is 2.17. The van der Waals surface area contributed by atoms with Crippen LogP contribution in [0.4, 0.5) is 0 Å². The molecule has 0 aliphatic carbocycles. The molecule has 0 spiro atoms. The molecule has 1 atom stereocenters. The number of halogens is 1. The van der Waals surface area contributed by atoms with E-state index < -0.39 is 0 Å². The molecule has 0 fully saturated rings. The molecule has 94 valence electrons. The minimum Gasteiger partial charge on any atom is -0.336 e. The van der Waals surface area contributed by atoms with Crippen molar-refractivity contribution in [1.82, 2.24) is 4.90 Å². The summed E-state index contributed by atoms with van der Waals surface area (Å²) < 4.78 is 0. The maximum absolute atomic E-state index is 11.9. The summed E-state index contributed by atoms with van der Waals surface area (Å²) in [6.07, 6.45) is 1.53. The van der Waals surface area contributed by atoms with Crippen LogP contribution in [0.25, 0.3) is 0 Å². The van der Waals surface area contributed by atoms with Gasteiger partial charge in [-0.1, -0.05) is 37.6 Å². The topological polar surface area (TPSA) is 20.3 Å². The van der Waals surface area contributed by atoms with Crippen LogP contribution < -0.4 is 0 Å². The fraction of sp³-hybridized carbons (Fsp3) is 0.500. The zero-order chi connectivity index (χ0) is 12.8. The predicted octanol–water partition coefficient (Wildman–Crippen LogP) is 3.88. The molecule has 2 nitrogen and oxygen atoms in total. The maximum atomic E-state index is 11.9. The van der Waals surface area contributed by atoms with Crippen LogP contribution in [0.2, 0.25) is 5.02 Å². The van der Waals surface area contributed by atoms with E-state index in [1.165, 1.54) is 0 Å². The lowest BCUT2D eigenvalue weighted by atomic mass is 10.1. The van der Waals surface area contributed by atoms with Gasteiger partial charge in [0.05, 0.1) is 0 Å². The summed E-state index contributed by atoms with van der Waals surface area (Å²) >= 11 is 5.85. The van der Waals surface area contributed by atoms with Crippen molar-refractivity contribution in [3.05, 3.63) is 34.9 Å². The van der Waals surface area contributed by atoms with Crippen molar-refractivity contribution in [2.24, 2.45) is 0 Å². The number of carbonyl (C=O) groups excluding carboxylic acids is 1. The molecule has 0 aliphatic heterocycles. The summed E-state index contributed by atoms with van der Waals surface area (Å²) in [5, 5.41) is 0.727. The zero-order valence-electron chi connectivity index (χ0n) is 10.7. The number of nitrogens with zero attached hydrogens (tertiary/aromatic N) is 1. The first kappa shape index (κ1) is 14.0. The Balaban J connectivity index is 2.78. The van der Waals surface area contributed by atoms with Crippen LogP contribution in [0.5, 0.6) is 0 Å². The molecule has 1 aromatic rings. The van der Waals surface area contributed by atoms with Crippen LogP contribution >= 0.6 is 11.6 Å². The third kappa shape index (κ3) is 4.04. The highest BCUT2D eigenvalue weighted by Crippen LogP contribution is 2.15. The summed E-state index contributed by atoms with van der Waals surface area (Å²) in [5.41, 5.74) is 1.12. The van der Waals surface area contributed by atoms with E-state index in [4.69, 9.17) is 11.6 Å². The number of carbonyl (C=O) groups is 1. The SMILES string of the molecule is CCC(=O)N(Cc1ccc(Cl)cc1)[C@@H](C)CC. The summed E-state index contributed by atoms with van der Waals surface area (Å²) in [5.74, 6) is 0.203. The summed E-state index contributed by atoms with van der Waals surface area (Å²) in [7, 11) is 0. The minimum absolute atomic E-state index is 0.203. The Morgan fingerprint density at radius 2 is 1.88 bits per heavy atom. The van der Waals surface area contributed by atoms with Crippen LogP contribution in [0.15, 0.2) is 24.3 Å². The van der Waals surface area contributed by atoms with Gasteiger partial charge in [0, 0.05) is 24.0 Å². The molecule has 17 heavy (non-hydrogen) atoms. The van der Waals surface area contributed by atoms with Gasteiger partial charge in [-0.15, -0.1) is 0 Å². The second-order valence-corrected chi connectivity index (χ2v) is 4.70. The smallest absolute Gasteiger partial charge is 0.222 e. The van der Waals surface area contributed by atoms with Gasteiger partial charge in [-0.25, -0.2) is 0 Å². The van der Waals surface area contributed by atoms with Crippen LogP contribution in [0, 0.1) is 0 Å². The number of rotatable bonds is 5. The van der Waals surface area contributed by atoms with Crippen molar-refractivity contribution in [1.29, 1.82) is 0 Å². The van der Waals surface area contributed by atoms with E-state index in [1.54, 1.807) is 0 Å². The molecule has 0 bridgehead atoms. The molecule has 0 saturated heterocycles. The van der Waals surface area contributed by atoms with Gasteiger partial charge >= 0.3 is 0 Å². The predicted molar refractivity (Wildman–Crippen MR) is 72.0 cm³/mol. The first-order valence-corrected chi connectivity index (χ1v) is 6.50. The first-order valence-electron chi connectivity index (χ1n) is 6.12. The Morgan fingerprint density at radius 1 is 1.29 bits per heavy atom. The summed E-state index contributed by atoms with van der Waals surface area (Å²) in [6.45, 7) is 6.75. The number of benzene rings is 1. The normalized spacial score (nSPS) is 12.2. The van der Waals surface area contributed by atoms with E-state index in [2.05, 4.69) is 13.8 Å². The van der Waals surface area contributed by atoms with Crippen LogP contribution in [-0.4, -0.2) is 16.8 Å². The molecule has 1 amide bonds. The number of hydrogen-bond acceptors (Lipinski definition) is 1. The third-order valence-electron chi connectivity index (χ3n) is 3.01. The van der Waals surface area contributed by atoms with E-state index in [0.29, 0.717) is 13.0 Å². The lowest BCUT2D eigenvalue weighted by Gasteiger charge is -2.28. The highest BCUT2D eigenvalue weighted by atomic mass is 35.5. The Bertz CT molecular complexity index is 361. The largest absolute Gasteiger partial charge is 0.336 e. The summed E-state index contributed by atoms with van der Waals surface area (Å²) in [6, 6.07) is 7.95. The molecule has 0 heterocycles. The van der Waals surface area contributed by atoms with Gasteiger partial charge in [0.15, 0.2) is 0 Å². The molecular weight excluding hydrogens is 234 g/mol. The average Bonchev–Trinajstić information content (AvgIpc) is 2.36. The maximum Gasteiger partial charge on any atom is 0.222 e. The van der Waals surface area contributed by atoms with E-state index in [0.717, 1.165) is 17.0 Å². The standard InChI is InChI=1S/C14H20ClNO/c1-4-11(3)16(14(17)5-2)10-12-6-8-13(15)9-7-12/h6-9,11H,4-5,10H2,1-3H3/t11-/m0/s1. The Kier molecular flexibility index (Phi) is 5.49. The Labute approximate surface area is 109 Å². The number of amides is 1. The van der Waals surface area contributed by atoms with Crippen molar-refractivity contribution < 1.29 is 4.79 Å². The van der Waals surface area contributed by atoms with Crippen molar-refractivity contribution in [3.63, 3.8) is 0 Å². The van der Waals surface area contributed by atoms with Gasteiger partial charge in [-0.3, -0.25) is 4.79 Å². The van der Waals surface area contributed by atoms with Gasteiger partial charge in [-0.2, -0.15) is 0 Å². The quantitative estimate of drug-likeness (QED) is 0.780. The van der Waals surface area contributed by atoms with E-state index in [1.807, 2.05) is 36.1 Å². The number of hydrogen-bond donors (Lipinski definition) is 0. The molecular formula is C14H20ClNO. The lowest BCUT2D eigenvalue weighted by molar-refractivity contribution is -0.133. The van der Waals surface area contributed by atoms with E-state index >= 15 is 0 Å².